The van der Waals surface area contributed by atoms with Gasteiger partial charge >= 0.3 is 0 Å². The van der Waals surface area contributed by atoms with E-state index in [2.05, 4.69) is 5.32 Å². The number of fused-ring (bicyclic) bond motifs is 2. The molecule has 1 aliphatic heterocycles. The van der Waals surface area contributed by atoms with Gasteiger partial charge in [0.15, 0.2) is 16.5 Å². The molecule has 0 spiro atoms. The number of thiazole rings is 1. The summed E-state index contributed by atoms with van der Waals surface area (Å²) in [4.78, 5) is 18.2. The van der Waals surface area contributed by atoms with Crippen molar-refractivity contribution in [1.82, 2.24) is 9.38 Å². The van der Waals surface area contributed by atoms with Gasteiger partial charge < -0.3 is 19.5 Å². The number of hydrogen-bond donors (Lipinski definition) is 1. The van der Waals surface area contributed by atoms with E-state index >= 15 is 0 Å². The smallest absolute Gasteiger partial charge is 0.230 e. The third-order valence-corrected chi connectivity index (χ3v) is 5.80. The van der Waals surface area contributed by atoms with Crippen molar-refractivity contribution in [1.29, 1.82) is 0 Å². The first-order valence-electron chi connectivity index (χ1n) is 10.1. The van der Waals surface area contributed by atoms with Gasteiger partial charge in [-0.05, 0) is 43.3 Å². The van der Waals surface area contributed by atoms with Gasteiger partial charge in [-0.1, -0.05) is 0 Å². The van der Waals surface area contributed by atoms with E-state index in [4.69, 9.17) is 19.2 Å². The minimum absolute atomic E-state index is 0.104. The Hall–Kier alpha value is -3.52. The van der Waals surface area contributed by atoms with Crippen LogP contribution in [-0.2, 0) is 11.2 Å². The zero-order valence-electron chi connectivity index (χ0n) is 17.0. The van der Waals surface area contributed by atoms with Gasteiger partial charge in [0.05, 0.1) is 18.7 Å². The summed E-state index contributed by atoms with van der Waals surface area (Å²) in [6.45, 7) is 3.64. The number of benzene rings is 2. The summed E-state index contributed by atoms with van der Waals surface area (Å²) in [5, 5.41) is 4.90. The monoisotopic (exact) mass is 435 g/mol. The van der Waals surface area contributed by atoms with Gasteiger partial charge in [-0.2, -0.15) is 0 Å². The Morgan fingerprint density at radius 2 is 1.97 bits per heavy atom. The van der Waals surface area contributed by atoms with Gasteiger partial charge in [-0.3, -0.25) is 9.20 Å². The third kappa shape index (κ3) is 4.06. The number of carbonyl (C=O) groups is 1. The van der Waals surface area contributed by atoms with Crippen LogP contribution >= 0.6 is 11.3 Å². The topological polar surface area (TPSA) is 74.1 Å². The van der Waals surface area contributed by atoms with Gasteiger partial charge in [-0.25, -0.2) is 4.98 Å². The molecule has 1 amide bonds. The highest BCUT2D eigenvalue weighted by Crippen LogP contribution is 2.32. The lowest BCUT2D eigenvalue weighted by molar-refractivity contribution is -0.115. The van der Waals surface area contributed by atoms with Crippen LogP contribution < -0.4 is 19.5 Å². The standard InChI is InChI=1S/C23H21N3O4S/c1-2-28-18-6-3-15(4-7-18)19-13-26-17(14-31-23(26)25-19)12-22(27)24-16-5-8-20-21(11-16)30-10-9-29-20/h3-8,11,13-14H,2,9-10,12H2,1H3,(H,24,27). The Bertz CT molecular complexity index is 1230. The molecule has 8 heteroatoms. The summed E-state index contributed by atoms with van der Waals surface area (Å²) in [5.41, 5.74) is 3.44. The molecule has 1 N–H and O–H groups in total. The number of nitrogens with one attached hydrogen (secondary N) is 1. The second-order valence-electron chi connectivity index (χ2n) is 7.05. The number of imidazole rings is 1. The molecule has 1 aliphatic rings. The fourth-order valence-electron chi connectivity index (χ4n) is 3.47. The van der Waals surface area contributed by atoms with Crippen LogP contribution in [0.25, 0.3) is 16.2 Å². The maximum atomic E-state index is 12.6. The molecule has 2 aromatic heterocycles. The number of amides is 1. The second-order valence-corrected chi connectivity index (χ2v) is 7.88. The predicted octanol–water partition coefficient (Wildman–Crippen LogP) is 4.41. The maximum Gasteiger partial charge on any atom is 0.230 e. The lowest BCUT2D eigenvalue weighted by Crippen LogP contribution is -2.17. The SMILES string of the molecule is CCOc1ccc(-c2cn3c(CC(=O)Nc4ccc5c(c4)OCCO5)csc3n2)cc1. The molecule has 3 heterocycles. The van der Waals surface area contributed by atoms with Crippen molar-refractivity contribution in [3.05, 3.63) is 59.7 Å². The molecular weight excluding hydrogens is 414 g/mol. The molecule has 0 saturated heterocycles. The number of nitrogens with zero attached hydrogens (tertiary/aromatic N) is 2. The Kier molecular flexibility index (Phi) is 5.21. The summed E-state index contributed by atoms with van der Waals surface area (Å²) in [5.74, 6) is 2.08. The highest BCUT2D eigenvalue weighted by atomic mass is 32.1. The normalized spacial score (nSPS) is 12.7. The lowest BCUT2D eigenvalue weighted by Gasteiger charge is -2.19. The summed E-state index contributed by atoms with van der Waals surface area (Å²) < 4.78 is 18.6. The van der Waals surface area contributed by atoms with Crippen molar-refractivity contribution < 1.29 is 19.0 Å². The van der Waals surface area contributed by atoms with Crippen molar-refractivity contribution >= 4 is 27.9 Å². The van der Waals surface area contributed by atoms with Crippen LogP contribution in [0.1, 0.15) is 12.6 Å². The van der Waals surface area contributed by atoms with Crippen LogP contribution in [0.2, 0.25) is 0 Å². The van der Waals surface area contributed by atoms with Crippen molar-refractivity contribution in [3.8, 4) is 28.5 Å². The highest BCUT2D eigenvalue weighted by molar-refractivity contribution is 7.15. The highest BCUT2D eigenvalue weighted by Gasteiger charge is 2.15. The van der Waals surface area contributed by atoms with Crippen molar-refractivity contribution in [2.45, 2.75) is 13.3 Å². The third-order valence-electron chi connectivity index (χ3n) is 4.91. The minimum Gasteiger partial charge on any atom is -0.494 e. The Balaban J connectivity index is 1.31. The average molecular weight is 436 g/mol. The molecule has 0 fully saturated rings. The molecule has 7 nitrogen and oxygen atoms in total. The second kappa shape index (κ2) is 8.31. The fraction of sp³-hybridized carbons (Fsp3) is 0.217. The van der Waals surface area contributed by atoms with Gasteiger partial charge in [0.1, 0.15) is 19.0 Å². The van der Waals surface area contributed by atoms with E-state index < -0.39 is 0 Å². The Morgan fingerprint density at radius 3 is 2.77 bits per heavy atom. The molecule has 31 heavy (non-hydrogen) atoms. The van der Waals surface area contributed by atoms with E-state index in [1.807, 2.05) is 59.3 Å². The molecule has 5 rings (SSSR count). The van der Waals surface area contributed by atoms with Crippen molar-refractivity contribution in [2.75, 3.05) is 25.1 Å². The first-order valence-corrected chi connectivity index (χ1v) is 11.0. The van der Waals surface area contributed by atoms with E-state index in [9.17, 15) is 4.79 Å². The zero-order chi connectivity index (χ0) is 21.2. The number of rotatable bonds is 6. The van der Waals surface area contributed by atoms with Crippen LogP contribution in [0.3, 0.4) is 0 Å². The van der Waals surface area contributed by atoms with Gasteiger partial charge in [0.2, 0.25) is 5.91 Å². The van der Waals surface area contributed by atoms with Crippen LogP contribution in [0.15, 0.2) is 54.0 Å². The molecule has 4 aromatic rings. The molecule has 0 bridgehead atoms. The average Bonchev–Trinajstić information content (AvgIpc) is 3.36. The van der Waals surface area contributed by atoms with Crippen LogP contribution in [0.5, 0.6) is 17.2 Å². The van der Waals surface area contributed by atoms with Gasteiger partial charge in [0, 0.05) is 34.6 Å². The predicted molar refractivity (Wildman–Crippen MR) is 119 cm³/mol. The van der Waals surface area contributed by atoms with Crippen molar-refractivity contribution in [3.63, 3.8) is 0 Å². The summed E-state index contributed by atoms with van der Waals surface area (Å²) in [7, 11) is 0. The zero-order valence-corrected chi connectivity index (χ0v) is 17.8. The number of anilines is 1. The largest absolute Gasteiger partial charge is 0.494 e. The van der Waals surface area contributed by atoms with Crippen molar-refractivity contribution in [2.24, 2.45) is 0 Å². The fourth-order valence-corrected chi connectivity index (χ4v) is 4.35. The van der Waals surface area contributed by atoms with E-state index in [0.29, 0.717) is 37.0 Å². The molecular formula is C23H21N3O4S. The molecule has 0 saturated carbocycles. The van der Waals surface area contributed by atoms with Gasteiger partial charge in [0.25, 0.3) is 0 Å². The van der Waals surface area contributed by atoms with Gasteiger partial charge in [-0.15, -0.1) is 11.3 Å². The Labute approximate surface area is 183 Å². The first-order chi connectivity index (χ1) is 15.2. The molecule has 0 radical (unpaired) electrons. The summed E-state index contributed by atoms with van der Waals surface area (Å²) >= 11 is 1.52. The molecule has 0 atom stereocenters. The minimum atomic E-state index is -0.104. The number of carbonyl (C=O) groups excluding carboxylic acids is 1. The van der Waals surface area contributed by atoms with E-state index in [-0.39, 0.29) is 12.3 Å². The number of hydrogen-bond acceptors (Lipinski definition) is 6. The molecule has 158 valence electrons. The van der Waals surface area contributed by atoms with E-state index in [1.165, 1.54) is 11.3 Å². The van der Waals surface area contributed by atoms with Crippen LogP contribution in [0.4, 0.5) is 5.69 Å². The number of ether oxygens (including phenoxy) is 3. The maximum absolute atomic E-state index is 12.6. The molecule has 2 aromatic carbocycles. The lowest BCUT2D eigenvalue weighted by atomic mass is 10.1. The first kappa shape index (κ1) is 19.4. The molecule has 0 unspecified atom stereocenters. The van der Waals surface area contributed by atoms with E-state index in [0.717, 1.165) is 27.7 Å². The summed E-state index contributed by atoms with van der Waals surface area (Å²) in [6.07, 6.45) is 2.21. The van der Waals surface area contributed by atoms with E-state index in [1.54, 1.807) is 6.07 Å². The molecule has 0 aliphatic carbocycles. The summed E-state index contributed by atoms with van der Waals surface area (Å²) in [6, 6.07) is 13.3. The van der Waals surface area contributed by atoms with Crippen LogP contribution in [0, 0.1) is 0 Å². The van der Waals surface area contributed by atoms with Crippen LogP contribution in [-0.4, -0.2) is 35.1 Å². The Morgan fingerprint density at radius 1 is 1.16 bits per heavy atom. The quantitative estimate of drug-likeness (QED) is 0.486. The number of aromatic nitrogens is 2.